The van der Waals surface area contributed by atoms with Gasteiger partial charge in [-0.15, -0.1) is 11.3 Å². The average Bonchev–Trinajstić information content (AvgIpc) is 3.19. The number of nitrogens with one attached hydrogen (secondary N) is 1. The van der Waals surface area contributed by atoms with Crippen molar-refractivity contribution in [2.45, 2.75) is 0 Å². The van der Waals surface area contributed by atoms with Gasteiger partial charge >= 0.3 is 5.63 Å². The monoisotopic (exact) mass is 575 g/mol. The van der Waals surface area contributed by atoms with Crippen LogP contribution in [0.3, 0.4) is 0 Å². The molecule has 142 valence electrons. The van der Waals surface area contributed by atoms with Gasteiger partial charge < -0.3 is 9.73 Å². The smallest absolute Gasteiger partial charge is 0.345 e. The SMILES string of the molecule is N#CC(=CNc1ccccc1I)c1nc(-c2cc3cc(Br)ccc3oc2=O)cs1. The molecule has 0 saturated carbocycles. The summed E-state index contributed by atoms with van der Waals surface area (Å²) in [6, 6.07) is 17.1. The number of thiazole rings is 1. The molecule has 2 heterocycles. The van der Waals surface area contributed by atoms with Crippen molar-refractivity contribution in [1.29, 1.82) is 5.26 Å². The standard InChI is InChI=1S/C21H11BrIN3O2S/c22-14-5-6-19-12(7-14)8-15(21(27)28-19)18-11-29-20(26-18)13(9-24)10-25-17-4-2-1-3-16(17)23/h1-8,10-11,25H. The van der Waals surface area contributed by atoms with E-state index in [1.165, 1.54) is 11.3 Å². The first kappa shape index (κ1) is 19.8. The van der Waals surface area contributed by atoms with Crippen LogP contribution in [0.15, 0.2) is 73.8 Å². The number of fused-ring (bicyclic) bond motifs is 1. The molecule has 0 amide bonds. The minimum atomic E-state index is -0.462. The minimum Gasteiger partial charge on any atom is -0.422 e. The number of rotatable bonds is 4. The highest BCUT2D eigenvalue weighted by molar-refractivity contribution is 14.1. The lowest BCUT2D eigenvalue weighted by molar-refractivity contribution is 0.563. The average molecular weight is 576 g/mol. The number of nitrogens with zero attached hydrogens (tertiary/aromatic N) is 2. The second kappa shape index (κ2) is 8.49. The summed E-state index contributed by atoms with van der Waals surface area (Å²) in [6.45, 7) is 0. The van der Waals surface area contributed by atoms with Crippen molar-refractivity contribution in [2.75, 3.05) is 5.32 Å². The lowest BCUT2D eigenvalue weighted by Crippen LogP contribution is -2.03. The number of aromatic nitrogens is 1. The van der Waals surface area contributed by atoms with Crippen LogP contribution in [-0.4, -0.2) is 4.98 Å². The topological polar surface area (TPSA) is 78.9 Å². The van der Waals surface area contributed by atoms with Crippen molar-refractivity contribution >= 4 is 72.1 Å². The van der Waals surface area contributed by atoms with E-state index in [1.807, 2.05) is 36.4 Å². The van der Waals surface area contributed by atoms with Gasteiger partial charge in [0.2, 0.25) is 0 Å². The molecule has 0 aliphatic rings. The summed E-state index contributed by atoms with van der Waals surface area (Å²) in [4.78, 5) is 16.9. The molecule has 0 fully saturated rings. The maximum atomic E-state index is 12.4. The lowest BCUT2D eigenvalue weighted by atomic mass is 10.1. The zero-order valence-electron chi connectivity index (χ0n) is 14.6. The van der Waals surface area contributed by atoms with E-state index in [-0.39, 0.29) is 0 Å². The van der Waals surface area contributed by atoms with Crippen molar-refractivity contribution in [2.24, 2.45) is 0 Å². The predicted octanol–water partition coefficient (Wildman–Crippen LogP) is 6.26. The number of hydrogen-bond acceptors (Lipinski definition) is 6. The molecule has 0 unspecified atom stereocenters. The maximum absolute atomic E-state index is 12.4. The zero-order valence-corrected chi connectivity index (χ0v) is 19.2. The van der Waals surface area contributed by atoms with Gasteiger partial charge in [-0.3, -0.25) is 0 Å². The van der Waals surface area contributed by atoms with E-state index >= 15 is 0 Å². The van der Waals surface area contributed by atoms with E-state index in [4.69, 9.17) is 4.42 Å². The third kappa shape index (κ3) is 4.27. The van der Waals surface area contributed by atoms with E-state index in [9.17, 15) is 10.1 Å². The number of benzene rings is 2. The third-order valence-electron chi connectivity index (χ3n) is 4.07. The van der Waals surface area contributed by atoms with Crippen LogP contribution in [0.2, 0.25) is 0 Å². The molecular formula is C21H11BrIN3O2S. The molecule has 0 bridgehead atoms. The Hall–Kier alpha value is -2.48. The second-order valence-electron chi connectivity index (χ2n) is 5.96. The van der Waals surface area contributed by atoms with Gasteiger partial charge in [0.05, 0.1) is 16.9 Å². The summed E-state index contributed by atoms with van der Waals surface area (Å²) in [5.41, 5.74) is 2.18. The summed E-state index contributed by atoms with van der Waals surface area (Å²) in [6.07, 6.45) is 1.63. The van der Waals surface area contributed by atoms with Gasteiger partial charge in [0, 0.05) is 25.0 Å². The van der Waals surface area contributed by atoms with Crippen LogP contribution in [0.25, 0.3) is 27.8 Å². The minimum absolute atomic E-state index is 0.362. The van der Waals surface area contributed by atoms with Crippen molar-refractivity contribution in [3.05, 3.63) is 83.6 Å². The number of allylic oxidation sites excluding steroid dienone is 1. The Balaban J connectivity index is 1.69. The summed E-state index contributed by atoms with van der Waals surface area (Å²) >= 11 is 6.94. The van der Waals surface area contributed by atoms with E-state index < -0.39 is 5.63 Å². The lowest BCUT2D eigenvalue weighted by Gasteiger charge is -2.03. The van der Waals surface area contributed by atoms with Crippen LogP contribution >= 0.6 is 49.9 Å². The molecule has 4 rings (SSSR count). The third-order valence-corrected chi connectivity index (χ3v) is 6.38. The molecule has 0 atom stereocenters. The molecule has 4 aromatic rings. The molecule has 2 aromatic heterocycles. The molecule has 0 aliphatic heterocycles. The summed E-state index contributed by atoms with van der Waals surface area (Å²) in [7, 11) is 0. The number of nitriles is 1. The number of anilines is 1. The van der Waals surface area contributed by atoms with E-state index in [0.29, 0.717) is 27.4 Å². The normalized spacial score (nSPS) is 11.4. The Bertz CT molecular complexity index is 1350. The zero-order chi connectivity index (χ0) is 20.4. The molecule has 5 nitrogen and oxygen atoms in total. The number of para-hydroxylation sites is 1. The van der Waals surface area contributed by atoms with Gasteiger partial charge in [0.1, 0.15) is 22.2 Å². The highest BCUT2D eigenvalue weighted by Gasteiger charge is 2.14. The molecular weight excluding hydrogens is 565 g/mol. The van der Waals surface area contributed by atoms with Crippen LogP contribution in [-0.2, 0) is 0 Å². The first-order valence-electron chi connectivity index (χ1n) is 8.36. The first-order chi connectivity index (χ1) is 14.0. The summed E-state index contributed by atoms with van der Waals surface area (Å²) < 4.78 is 7.34. The fourth-order valence-corrected chi connectivity index (χ4v) is 4.37. The number of halogens is 2. The van der Waals surface area contributed by atoms with Gasteiger partial charge in [-0.1, -0.05) is 28.1 Å². The van der Waals surface area contributed by atoms with E-state index in [1.54, 1.807) is 23.7 Å². The van der Waals surface area contributed by atoms with Crippen LogP contribution < -0.4 is 10.9 Å². The van der Waals surface area contributed by atoms with Crippen LogP contribution in [0, 0.1) is 14.9 Å². The second-order valence-corrected chi connectivity index (χ2v) is 8.90. The van der Waals surface area contributed by atoms with Crippen molar-refractivity contribution in [1.82, 2.24) is 4.98 Å². The molecule has 1 N–H and O–H groups in total. The van der Waals surface area contributed by atoms with Gasteiger partial charge in [0.15, 0.2) is 0 Å². The quantitative estimate of drug-likeness (QED) is 0.176. The molecule has 29 heavy (non-hydrogen) atoms. The fraction of sp³-hybridized carbons (Fsp3) is 0. The Labute approximate surface area is 192 Å². The molecule has 2 aromatic carbocycles. The molecule has 0 spiro atoms. The van der Waals surface area contributed by atoms with Gasteiger partial charge in [-0.25, -0.2) is 9.78 Å². The highest BCUT2D eigenvalue weighted by Crippen LogP contribution is 2.28. The van der Waals surface area contributed by atoms with Gasteiger partial charge in [-0.2, -0.15) is 5.26 Å². The van der Waals surface area contributed by atoms with Crippen LogP contribution in [0.5, 0.6) is 0 Å². The maximum Gasteiger partial charge on any atom is 0.345 e. The van der Waals surface area contributed by atoms with Gasteiger partial charge in [-0.05, 0) is 59.0 Å². The van der Waals surface area contributed by atoms with E-state index in [0.717, 1.165) is 19.1 Å². The molecule has 8 heteroatoms. The largest absolute Gasteiger partial charge is 0.422 e. The summed E-state index contributed by atoms with van der Waals surface area (Å²) in [5, 5.41) is 15.8. The fourth-order valence-electron chi connectivity index (χ4n) is 2.66. The Morgan fingerprint density at radius 2 is 2.10 bits per heavy atom. The van der Waals surface area contributed by atoms with Crippen LogP contribution in [0.4, 0.5) is 5.69 Å². The van der Waals surface area contributed by atoms with Crippen molar-refractivity contribution < 1.29 is 4.42 Å². The van der Waals surface area contributed by atoms with Crippen LogP contribution in [0.1, 0.15) is 5.01 Å². The van der Waals surface area contributed by atoms with Crippen molar-refractivity contribution in [3.8, 4) is 17.3 Å². The molecule has 0 aliphatic carbocycles. The molecule has 0 radical (unpaired) electrons. The van der Waals surface area contributed by atoms with Gasteiger partial charge in [0.25, 0.3) is 0 Å². The number of hydrogen-bond donors (Lipinski definition) is 1. The van der Waals surface area contributed by atoms with Crippen molar-refractivity contribution in [3.63, 3.8) is 0 Å². The first-order valence-corrected chi connectivity index (χ1v) is 11.1. The Morgan fingerprint density at radius 3 is 2.90 bits per heavy atom. The highest BCUT2D eigenvalue weighted by atomic mass is 127. The Morgan fingerprint density at radius 1 is 1.28 bits per heavy atom. The summed E-state index contributed by atoms with van der Waals surface area (Å²) in [5.74, 6) is 0. The van der Waals surface area contributed by atoms with E-state index in [2.05, 4.69) is 54.9 Å². The Kier molecular flexibility index (Phi) is 5.80. The molecule has 0 saturated heterocycles. The predicted molar refractivity (Wildman–Crippen MR) is 128 cm³/mol.